The Morgan fingerprint density at radius 3 is 2.21 bits per heavy atom. The highest BCUT2D eigenvalue weighted by molar-refractivity contribution is 6.37. The minimum absolute atomic E-state index is 0.0724. The van der Waals surface area contributed by atoms with Crippen molar-refractivity contribution in [3.63, 3.8) is 0 Å². The van der Waals surface area contributed by atoms with Crippen LogP contribution in [-0.4, -0.2) is 12.4 Å². The molecule has 0 atom stereocenters. The molecule has 76 valence electrons. The Bertz CT molecular complexity index is 338. The zero-order valence-corrected chi connectivity index (χ0v) is 9.45. The number of ketones is 1. The van der Waals surface area contributed by atoms with E-state index in [1.54, 1.807) is 12.1 Å². The van der Waals surface area contributed by atoms with Gasteiger partial charge in [-0.2, -0.15) is 0 Å². The first-order chi connectivity index (χ1) is 6.56. The molecule has 1 aromatic rings. The highest BCUT2D eigenvalue weighted by Crippen LogP contribution is 2.34. The highest BCUT2D eigenvalue weighted by atomic mass is 35.5. The van der Waals surface area contributed by atoms with Gasteiger partial charge in [-0.1, -0.05) is 23.2 Å². The molecular weight excluding hydrogens is 223 g/mol. The van der Waals surface area contributed by atoms with Gasteiger partial charge < -0.3 is 4.74 Å². The van der Waals surface area contributed by atoms with E-state index in [0.29, 0.717) is 28.0 Å². The summed E-state index contributed by atoms with van der Waals surface area (Å²) in [6.45, 7) is 3.78. The summed E-state index contributed by atoms with van der Waals surface area (Å²) in [6, 6.07) is 3.11. The maximum atomic E-state index is 11.1. The van der Waals surface area contributed by atoms with Gasteiger partial charge in [0.15, 0.2) is 11.5 Å². The van der Waals surface area contributed by atoms with Crippen molar-refractivity contribution in [1.82, 2.24) is 0 Å². The number of hydrogen-bond donors (Lipinski definition) is 0. The van der Waals surface area contributed by atoms with Crippen molar-refractivity contribution < 1.29 is 9.53 Å². The summed E-state index contributed by atoms with van der Waals surface area (Å²) >= 11 is 11.8. The molecule has 0 fully saturated rings. The first-order valence-electron chi connectivity index (χ1n) is 4.19. The predicted molar refractivity (Wildman–Crippen MR) is 57.6 cm³/mol. The Labute approximate surface area is 92.8 Å². The zero-order chi connectivity index (χ0) is 10.7. The van der Waals surface area contributed by atoms with Crippen molar-refractivity contribution in [3.8, 4) is 5.75 Å². The molecule has 4 heteroatoms. The van der Waals surface area contributed by atoms with Crippen LogP contribution in [0.3, 0.4) is 0 Å². The summed E-state index contributed by atoms with van der Waals surface area (Å²) in [7, 11) is 0. The first kappa shape index (κ1) is 11.3. The lowest BCUT2D eigenvalue weighted by molar-refractivity contribution is 0.101. The number of rotatable bonds is 3. The second-order valence-electron chi connectivity index (χ2n) is 2.76. The molecule has 0 unspecified atom stereocenters. The normalized spacial score (nSPS) is 10.0. The average molecular weight is 233 g/mol. The lowest BCUT2D eigenvalue weighted by Crippen LogP contribution is -1.97. The molecule has 0 bridgehead atoms. The Kier molecular flexibility index (Phi) is 3.78. The Hall–Kier alpha value is -0.730. The molecule has 0 aliphatic heterocycles. The van der Waals surface area contributed by atoms with Crippen molar-refractivity contribution in [3.05, 3.63) is 27.7 Å². The lowest BCUT2D eigenvalue weighted by Gasteiger charge is -2.08. The summed E-state index contributed by atoms with van der Waals surface area (Å²) < 4.78 is 5.23. The highest BCUT2D eigenvalue weighted by Gasteiger charge is 2.10. The van der Waals surface area contributed by atoms with Crippen LogP contribution in [0, 0.1) is 0 Å². The van der Waals surface area contributed by atoms with E-state index >= 15 is 0 Å². The summed E-state index contributed by atoms with van der Waals surface area (Å²) in [5.41, 5.74) is 0.489. The summed E-state index contributed by atoms with van der Waals surface area (Å²) in [6.07, 6.45) is 0. The van der Waals surface area contributed by atoms with Gasteiger partial charge in [-0.15, -0.1) is 0 Å². The van der Waals surface area contributed by atoms with E-state index in [1.165, 1.54) is 6.92 Å². The standard InChI is InChI=1S/C10H10Cl2O2/c1-3-14-10-8(11)4-7(6(2)13)5-9(10)12/h4-5H,3H2,1-2H3. The van der Waals surface area contributed by atoms with Gasteiger partial charge in [-0.05, 0) is 26.0 Å². The molecule has 0 aliphatic carbocycles. The minimum Gasteiger partial charge on any atom is -0.491 e. The van der Waals surface area contributed by atoms with Gasteiger partial charge in [0.25, 0.3) is 0 Å². The van der Waals surface area contributed by atoms with Gasteiger partial charge in [-0.3, -0.25) is 4.79 Å². The topological polar surface area (TPSA) is 26.3 Å². The summed E-state index contributed by atoms with van der Waals surface area (Å²) in [5, 5.41) is 0.731. The van der Waals surface area contributed by atoms with Gasteiger partial charge in [0.2, 0.25) is 0 Å². The molecule has 0 amide bonds. The van der Waals surface area contributed by atoms with Crippen molar-refractivity contribution in [1.29, 1.82) is 0 Å². The van der Waals surface area contributed by atoms with Crippen LogP contribution in [0.4, 0.5) is 0 Å². The van der Waals surface area contributed by atoms with Crippen LogP contribution in [0.15, 0.2) is 12.1 Å². The van der Waals surface area contributed by atoms with E-state index in [-0.39, 0.29) is 5.78 Å². The Morgan fingerprint density at radius 1 is 1.36 bits per heavy atom. The summed E-state index contributed by atoms with van der Waals surface area (Å²) in [5.74, 6) is 0.359. The van der Waals surface area contributed by atoms with Crippen LogP contribution in [-0.2, 0) is 0 Å². The van der Waals surface area contributed by atoms with Crippen molar-refractivity contribution in [2.45, 2.75) is 13.8 Å². The van der Waals surface area contributed by atoms with Crippen molar-refractivity contribution >= 4 is 29.0 Å². The smallest absolute Gasteiger partial charge is 0.159 e. The zero-order valence-electron chi connectivity index (χ0n) is 7.93. The number of hydrogen-bond acceptors (Lipinski definition) is 2. The average Bonchev–Trinajstić information content (AvgIpc) is 2.10. The van der Waals surface area contributed by atoms with Crippen LogP contribution in [0.1, 0.15) is 24.2 Å². The number of benzene rings is 1. The maximum Gasteiger partial charge on any atom is 0.159 e. The Balaban J connectivity index is 3.18. The monoisotopic (exact) mass is 232 g/mol. The molecule has 0 aromatic heterocycles. The van der Waals surface area contributed by atoms with E-state index in [1.807, 2.05) is 6.92 Å². The van der Waals surface area contributed by atoms with Crippen molar-refractivity contribution in [2.24, 2.45) is 0 Å². The minimum atomic E-state index is -0.0724. The van der Waals surface area contributed by atoms with Crippen LogP contribution in [0.25, 0.3) is 0 Å². The molecule has 1 rings (SSSR count). The van der Waals surface area contributed by atoms with E-state index in [4.69, 9.17) is 27.9 Å². The molecule has 1 aromatic carbocycles. The third-order valence-corrected chi connectivity index (χ3v) is 2.25. The molecule has 14 heavy (non-hydrogen) atoms. The van der Waals surface area contributed by atoms with E-state index < -0.39 is 0 Å². The van der Waals surface area contributed by atoms with Gasteiger partial charge in [-0.25, -0.2) is 0 Å². The fourth-order valence-corrected chi connectivity index (χ4v) is 1.64. The molecule has 0 saturated heterocycles. The molecule has 0 saturated carbocycles. The molecule has 0 aliphatic rings. The fourth-order valence-electron chi connectivity index (χ4n) is 1.05. The lowest BCUT2D eigenvalue weighted by atomic mass is 10.1. The third-order valence-electron chi connectivity index (χ3n) is 1.69. The maximum absolute atomic E-state index is 11.1. The van der Waals surface area contributed by atoms with Crippen LogP contribution >= 0.6 is 23.2 Å². The van der Waals surface area contributed by atoms with Crippen LogP contribution in [0.2, 0.25) is 10.0 Å². The summed E-state index contributed by atoms with van der Waals surface area (Å²) in [4.78, 5) is 11.1. The second-order valence-corrected chi connectivity index (χ2v) is 3.57. The van der Waals surface area contributed by atoms with Gasteiger partial charge in [0, 0.05) is 5.56 Å². The molecule has 2 nitrogen and oxygen atoms in total. The van der Waals surface area contributed by atoms with Crippen LogP contribution in [0.5, 0.6) is 5.75 Å². The molecule has 0 heterocycles. The van der Waals surface area contributed by atoms with E-state index in [2.05, 4.69) is 0 Å². The second kappa shape index (κ2) is 4.67. The van der Waals surface area contributed by atoms with Gasteiger partial charge in [0.1, 0.15) is 0 Å². The first-order valence-corrected chi connectivity index (χ1v) is 4.94. The van der Waals surface area contributed by atoms with Crippen molar-refractivity contribution in [2.75, 3.05) is 6.61 Å². The fraction of sp³-hybridized carbons (Fsp3) is 0.300. The van der Waals surface area contributed by atoms with Gasteiger partial charge in [0.05, 0.1) is 16.7 Å². The van der Waals surface area contributed by atoms with E-state index in [0.717, 1.165) is 0 Å². The number of carbonyl (C=O) groups is 1. The molecule has 0 spiro atoms. The third kappa shape index (κ3) is 2.40. The largest absolute Gasteiger partial charge is 0.491 e. The Morgan fingerprint density at radius 2 is 1.86 bits per heavy atom. The van der Waals surface area contributed by atoms with E-state index in [9.17, 15) is 4.79 Å². The predicted octanol–water partition coefficient (Wildman–Crippen LogP) is 3.59. The number of ether oxygens (including phenoxy) is 1. The van der Waals surface area contributed by atoms with Gasteiger partial charge >= 0.3 is 0 Å². The quantitative estimate of drug-likeness (QED) is 0.745. The SMILES string of the molecule is CCOc1c(Cl)cc(C(C)=O)cc1Cl. The number of carbonyl (C=O) groups excluding carboxylic acids is 1. The molecular formula is C10H10Cl2O2. The van der Waals surface area contributed by atoms with Crippen LogP contribution < -0.4 is 4.74 Å². The molecule has 0 radical (unpaired) electrons. The molecule has 0 N–H and O–H groups in total. The number of Topliss-reactive ketones (excluding diaryl/α,β-unsaturated/α-hetero) is 1. The number of halogens is 2.